The first-order chi connectivity index (χ1) is 9.23. The lowest BCUT2D eigenvalue weighted by atomic mass is 9.48. The Morgan fingerprint density at radius 1 is 1.00 bits per heavy atom. The third-order valence-electron chi connectivity index (χ3n) is 6.76. The van der Waals surface area contributed by atoms with Crippen molar-refractivity contribution in [3.05, 3.63) is 12.2 Å². The molecule has 0 aromatic heterocycles. The van der Waals surface area contributed by atoms with Crippen LogP contribution in [0.4, 0.5) is 0 Å². The molecule has 0 aromatic rings. The summed E-state index contributed by atoms with van der Waals surface area (Å²) in [4.78, 5) is 0. The van der Waals surface area contributed by atoms with E-state index in [0.717, 1.165) is 29.8 Å². The second-order valence-corrected chi connectivity index (χ2v) is 8.15. The van der Waals surface area contributed by atoms with Gasteiger partial charge < -0.3 is 5.32 Å². The quantitative estimate of drug-likeness (QED) is 0.746. The van der Waals surface area contributed by atoms with Gasteiger partial charge in [0.1, 0.15) is 0 Å². The Hall–Kier alpha value is -0.300. The molecular weight excluding hydrogens is 230 g/mol. The van der Waals surface area contributed by atoms with E-state index in [1.807, 2.05) is 0 Å². The lowest BCUT2D eigenvalue weighted by molar-refractivity contribution is -0.0722. The van der Waals surface area contributed by atoms with Gasteiger partial charge in [-0.15, -0.1) is 0 Å². The SMILES string of the molecule is CC(NC1CC=CCC1)C12CC3CC(CC(C3)C1)C2. The van der Waals surface area contributed by atoms with Crippen LogP contribution in [0.1, 0.15) is 64.7 Å². The zero-order valence-corrected chi connectivity index (χ0v) is 12.4. The minimum absolute atomic E-state index is 0.676. The first kappa shape index (κ1) is 12.4. The average molecular weight is 259 g/mol. The summed E-state index contributed by atoms with van der Waals surface area (Å²) in [5.74, 6) is 3.25. The van der Waals surface area contributed by atoms with Crippen molar-refractivity contribution in [2.24, 2.45) is 23.2 Å². The standard InChI is InChI=1S/C18H29N/c1-13(19-17-5-3-2-4-6-17)18-10-14-7-15(11-18)9-16(8-14)12-18/h2-3,13-17,19H,4-12H2,1H3. The zero-order valence-electron chi connectivity index (χ0n) is 12.4. The molecule has 0 radical (unpaired) electrons. The maximum Gasteiger partial charge on any atom is 0.0107 e. The van der Waals surface area contributed by atoms with Crippen molar-refractivity contribution in [2.75, 3.05) is 0 Å². The van der Waals surface area contributed by atoms with Crippen LogP contribution < -0.4 is 5.32 Å². The summed E-state index contributed by atoms with van der Waals surface area (Å²) in [5.41, 5.74) is 0.676. The fourth-order valence-electron chi connectivity index (χ4n) is 6.18. The molecular formula is C18H29N. The summed E-state index contributed by atoms with van der Waals surface area (Å²) in [7, 11) is 0. The molecule has 5 aliphatic rings. The Morgan fingerprint density at radius 2 is 1.63 bits per heavy atom. The van der Waals surface area contributed by atoms with Gasteiger partial charge in [-0.1, -0.05) is 12.2 Å². The molecule has 2 atom stereocenters. The van der Waals surface area contributed by atoms with Crippen molar-refractivity contribution < 1.29 is 0 Å². The number of hydrogen-bond donors (Lipinski definition) is 1. The van der Waals surface area contributed by atoms with Crippen molar-refractivity contribution in [3.8, 4) is 0 Å². The largest absolute Gasteiger partial charge is 0.311 e. The molecule has 5 aliphatic carbocycles. The van der Waals surface area contributed by atoms with Gasteiger partial charge in [0, 0.05) is 12.1 Å². The van der Waals surface area contributed by atoms with Gasteiger partial charge >= 0.3 is 0 Å². The topological polar surface area (TPSA) is 12.0 Å². The first-order valence-corrected chi connectivity index (χ1v) is 8.64. The van der Waals surface area contributed by atoms with E-state index >= 15 is 0 Å². The smallest absolute Gasteiger partial charge is 0.0107 e. The van der Waals surface area contributed by atoms with Gasteiger partial charge in [-0.2, -0.15) is 0 Å². The maximum atomic E-state index is 4.02. The predicted octanol–water partition coefficient (Wildman–Crippen LogP) is 4.29. The molecule has 0 saturated heterocycles. The molecule has 0 spiro atoms. The van der Waals surface area contributed by atoms with E-state index in [9.17, 15) is 0 Å². The highest BCUT2D eigenvalue weighted by atomic mass is 15.0. The van der Waals surface area contributed by atoms with E-state index in [-0.39, 0.29) is 0 Å². The highest BCUT2D eigenvalue weighted by molar-refractivity contribution is 5.06. The summed E-state index contributed by atoms with van der Waals surface area (Å²) in [6.07, 6.45) is 18.0. The fourth-order valence-corrected chi connectivity index (χ4v) is 6.18. The molecule has 5 rings (SSSR count). The normalized spacial score (nSPS) is 49.5. The van der Waals surface area contributed by atoms with Gasteiger partial charge in [-0.25, -0.2) is 0 Å². The molecule has 1 N–H and O–H groups in total. The molecule has 4 saturated carbocycles. The summed E-state index contributed by atoms with van der Waals surface area (Å²) >= 11 is 0. The van der Waals surface area contributed by atoms with E-state index in [4.69, 9.17) is 0 Å². The van der Waals surface area contributed by atoms with Gasteiger partial charge in [0.25, 0.3) is 0 Å². The second-order valence-electron chi connectivity index (χ2n) is 8.15. The van der Waals surface area contributed by atoms with Crippen LogP contribution >= 0.6 is 0 Å². The highest BCUT2D eigenvalue weighted by Gasteiger charge is 2.53. The van der Waals surface area contributed by atoms with E-state index in [1.54, 1.807) is 19.3 Å². The molecule has 19 heavy (non-hydrogen) atoms. The van der Waals surface area contributed by atoms with Gasteiger partial charge in [0.2, 0.25) is 0 Å². The summed E-state index contributed by atoms with van der Waals surface area (Å²) in [6, 6.07) is 1.51. The average Bonchev–Trinajstić information content (AvgIpc) is 2.38. The third-order valence-corrected chi connectivity index (χ3v) is 6.76. The molecule has 0 amide bonds. The molecule has 2 unspecified atom stereocenters. The molecule has 1 nitrogen and oxygen atoms in total. The first-order valence-electron chi connectivity index (χ1n) is 8.64. The van der Waals surface area contributed by atoms with E-state index in [1.165, 1.54) is 38.5 Å². The summed E-state index contributed by atoms with van der Waals surface area (Å²) in [6.45, 7) is 2.51. The van der Waals surface area contributed by atoms with Crippen LogP contribution in [0.15, 0.2) is 12.2 Å². The van der Waals surface area contributed by atoms with Crippen LogP contribution in [0.3, 0.4) is 0 Å². The van der Waals surface area contributed by atoms with Crippen molar-refractivity contribution in [1.82, 2.24) is 5.32 Å². The Balaban J connectivity index is 1.47. The van der Waals surface area contributed by atoms with Crippen LogP contribution in [0.2, 0.25) is 0 Å². The van der Waals surface area contributed by atoms with E-state index < -0.39 is 0 Å². The molecule has 0 heterocycles. The third kappa shape index (κ3) is 2.18. The van der Waals surface area contributed by atoms with Gasteiger partial charge in [0.05, 0.1) is 0 Å². The minimum Gasteiger partial charge on any atom is -0.311 e. The zero-order chi connectivity index (χ0) is 12.9. The minimum atomic E-state index is 0.676. The molecule has 0 aliphatic heterocycles. The number of allylic oxidation sites excluding steroid dienone is 1. The Bertz CT molecular complexity index is 335. The Labute approximate surface area is 118 Å². The van der Waals surface area contributed by atoms with Crippen molar-refractivity contribution in [1.29, 1.82) is 0 Å². The molecule has 4 bridgehead atoms. The van der Waals surface area contributed by atoms with E-state index in [0.29, 0.717) is 5.41 Å². The van der Waals surface area contributed by atoms with Gasteiger partial charge in [-0.3, -0.25) is 0 Å². The molecule has 1 heteroatoms. The number of nitrogens with one attached hydrogen (secondary N) is 1. The lowest BCUT2D eigenvalue weighted by Crippen LogP contribution is -2.56. The predicted molar refractivity (Wildman–Crippen MR) is 80.0 cm³/mol. The highest BCUT2D eigenvalue weighted by Crippen LogP contribution is 2.61. The molecule has 0 aromatic carbocycles. The van der Waals surface area contributed by atoms with E-state index in [2.05, 4.69) is 24.4 Å². The van der Waals surface area contributed by atoms with Crippen LogP contribution in [0.5, 0.6) is 0 Å². The number of hydrogen-bond acceptors (Lipinski definition) is 1. The maximum absolute atomic E-state index is 4.02. The Morgan fingerprint density at radius 3 is 2.16 bits per heavy atom. The monoisotopic (exact) mass is 259 g/mol. The summed E-state index contributed by atoms with van der Waals surface area (Å²) < 4.78 is 0. The fraction of sp³-hybridized carbons (Fsp3) is 0.889. The van der Waals surface area contributed by atoms with Crippen molar-refractivity contribution >= 4 is 0 Å². The van der Waals surface area contributed by atoms with Crippen LogP contribution in [0, 0.1) is 23.2 Å². The van der Waals surface area contributed by atoms with Crippen LogP contribution in [0.25, 0.3) is 0 Å². The van der Waals surface area contributed by atoms with Crippen LogP contribution in [-0.4, -0.2) is 12.1 Å². The molecule has 106 valence electrons. The van der Waals surface area contributed by atoms with Crippen molar-refractivity contribution in [2.45, 2.75) is 76.8 Å². The van der Waals surface area contributed by atoms with Crippen LogP contribution in [-0.2, 0) is 0 Å². The van der Waals surface area contributed by atoms with Crippen molar-refractivity contribution in [3.63, 3.8) is 0 Å². The second kappa shape index (κ2) is 4.62. The number of rotatable bonds is 3. The Kier molecular flexibility index (Phi) is 3.02. The molecule has 4 fully saturated rings. The lowest BCUT2D eigenvalue weighted by Gasteiger charge is -2.59. The summed E-state index contributed by atoms with van der Waals surface area (Å²) in [5, 5.41) is 4.02. The van der Waals surface area contributed by atoms with Gasteiger partial charge in [-0.05, 0) is 87.9 Å². The van der Waals surface area contributed by atoms with Gasteiger partial charge in [0.15, 0.2) is 0 Å².